The standard InChI is InChI=1S/C30H38N2O2/c1-23(2)31-18-20-32(21-19-31)27-14-10-25(11-15-27)30(26-12-16-28(34)17-13-26)29(9-6-22-33)24-7-4-3-5-8-24/h3-5,7,10-17,23-24,33-34H,6,8-9,18-22H2,1-2H3/b30-29+. The van der Waals surface area contributed by atoms with Gasteiger partial charge in [0.2, 0.25) is 0 Å². The van der Waals surface area contributed by atoms with E-state index in [0.29, 0.717) is 12.0 Å². The van der Waals surface area contributed by atoms with E-state index in [1.165, 1.54) is 22.4 Å². The van der Waals surface area contributed by atoms with Crippen LogP contribution >= 0.6 is 0 Å². The van der Waals surface area contributed by atoms with Gasteiger partial charge in [-0.15, -0.1) is 0 Å². The summed E-state index contributed by atoms with van der Waals surface area (Å²) in [6, 6.07) is 17.1. The summed E-state index contributed by atoms with van der Waals surface area (Å²) >= 11 is 0. The average molecular weight is 459 g/mol. The van der Waals surface area contributed by atoms with Gasteiger partial charge in [-0.2, -0.15) is 0 Å². The maximum absolute atomic E-state index is 9.89. The van der Waals surface area contributed by atoms with Gasteiger partial charge in [-0.25, -0.2) is 0 Å². The third kappa shape index (κ3) is 5.81. The zero-order valence-electron chi connectivity index (χ0n) is 20.5. The van der Waals surface area contributed by atoms with Crippen molar-refractivity contribution < 1.29 is 10.2 Å². The number of rotatable bonds is 8. The molecule has 2 aromatic rings. The van der Waals surface area contributed by atoms with Crippen LogP contribution in [0.4, 0.5) is 5.69 Å². The molecular formula is C30H38N2O2. The number of aliphatic hydroxyl groups excluding tert-OH is 1. The molecule has 4 nitrogen and oxygen atoms in total. The van der Waals surface area contributed by atoms with E-state index in [1.807, 2.05) is 12.1 Å². The summed E-state index contributed by atoms with van der Waals surface area (Å²) < 4.78 is 0. The second kappa shape index (κ2) is 11.5. The molecule has 1 aliphatic carbocycles. The zero-order valence-corrected chi connectivity index (χ0v) is 20.5. The molecule has 0 saturated carbocycles. The molecule has 1 unspecified atom stereocenters. The first kappa shape index (κ1) is 24.3. The van der Waals surface area contributed by atoms with Crippen LogP contribution in [0.15, 0.2) is 78.4 Å². The molecule has 4 heteroatoms. The summed E-state index contributed by atoms with van der Waals surface area (Å²) in [5.74, 6) is 0.584. The molecular weight excluding hydrogens is 420 g/mol. The van der Waals surface area contributed by atoms with Gasteiger partial charge in [0.05, 0.1) is 0 Å². The highest BCUT2D eigenvalue weighted by Gasteiger charge is 2.21. The van der Waals surface area contributed by atoms with Crippen LogP contribution in [0.5, 0.6) is 5.75 Å². The number of piperazine rings is 1. The van der Waals surface area contributed by atoms with E-state index in [9.17, 15) is 10.2 Å². The summed E-state index contributed by atoms with van der Waals surface area (Å²) in [6.07, 6.45) is 11.3. The Labute approximate surface area is 204 Å². The monoisotopic (exact) mass is 458 g/mol. The molecule has 0 bridgehead atoms. The van der Waals surface area contributed by atoms with Gasteiger partial charge in [0.1, 0.15) is 5.75 Å². The molecule has 1 heterocycles. The summed E-state index contributed by atoms with van der Waals surface area (Å²) in [5.41, 5.74) is 6.13. The van der Waals surface area contributed by atoms with E-state index in [0.717, 1.165) is 51.0 Å². The minimum atomic E-state index is 0.180. The molecule has 1 saturated heterocycles. The lowest BCUT2D eigenvalue weighted by Crippen LogP contribution is -2.48. The van der Waals surface area contributed by atoms with Crippen molar-refractivity contribution in [2.75, 3.05) is 37.7 Å². The highest BCUT2D eigenvalue weighted by Crippen LogP contribution is 2.37. The molecule has 1 aliphatic heterocycles. The van der Waals surface area contributed by atoms with Crippen molar-refractivity contribution >= 4 is 11.3 Å². The summed E-state index contributed by atoms with van der Waals surface area (Å²) in [7, 11) is 0. The highest BCUT2D eigenvalue weighted by atomic mass is 16.3. The van der Waals surface area contributed by atoms with Gasteiger partial charge in [0, 0.05) is 50.4 Å². The number of anilines is 1. The van der Waals surface area contributed by atoms with Crippen molar-refractivity contribution in [3.63, 3.8) is 0 Å². The number of aliphatic hydroxyl groups is 1. The molecule has 0 amide bonds. The Morgan fingerprint density at radius 1 is 0.912 bits per heavy atom. The highest BCUT2D eigenvalue weighted by molar-refractivity contribution is 5.83. The molecule has 1 fully saturated rings. The fourth-order valence-electron chi connectivity index (χ4n) is 5.11. The number of hydrogen-bond donors (Lipinski definition) is 2. The van der Waals surface area contributed by atoms with Crippen LogP contribution in [-0.4, -0.2) is 53.9 Å². The molecule has 2 N–H and O–H groups in total. The van der Waals surface area contributed by atoms with Crippen LogP contribution in [0.3, 0.4) is 0 Å². The maximum atomic E-state index is 9.89. The lowest BCUT2D eigenvalue weighted by Gasteiger charge is -2.38. The SMILES string of the molecule is CC(C)N1CCN(c2ccc(/C(=C(/CCCO)C3C=CC=CC3)c3ccc(O)cc3)cc2)CC1. The van der Waals surface area contributed by atoms with Gasteiger partial charge < -0.3 is 15.1 Å². The minimum absolute atomic E-state index is 0.180. The van der Waals surface area contributed by atoms with E-state index in [2.05, 4.69) is 72.2 Å². The van der Waals surface area contributed by atoms with E-state index in [4.69, 9.17) is 0 Å². The topological polar surface area (TPSA) is 46.9 Å². The number of aromatic hydroxyl groups is 1. The third-order valence-corrected chi connectivity index (χ3v) is 7.08. The molecule has 34 heavy (non-hydrogen) atoms. The van der Waals surface area contributed by atoms with Crippen LogP contribution < -0.4 is 4.90 Å². The fourth-order valence-corrected chi connectivity index (χ4v) is 5.11. The van der Waals surface area contributed by atoms with Gasteiger partial charge in [-0.05, 0) is 74.1 Å². The largest absolute Gasteiger partial charge is 0.508 e. The fraction of sp³-hybridized carbons (Fsp3) is 0.400. The van der Waals surface area contributed by atoms with Crippen LogP contribution in [-0.2, 0) is 0 Å². The molecule has 180 valence electrons. The lowest BCUT2D eigenvalue weighted by molar-refractivity contribution is 0.209. The van der Waals surface area contributed by atoms with Crippen molar-refractivity contribution in [1.82, 2.24) is 4.90 Å². The third-order valence-electron chi connectivity index (χ3n) is 7.08. The number of hydrogen-bond acceptors (Lipinski definition) is 4. The first-order valence-corrected chi connectivity index (χ1v) is 12.6. The average Bonchev–Trinajstić information content (AvgIpc) is 2.88. The van der Waals surface area contributed by atoms with Crippen molar-refractivity contribution in [3.05, 3.63) is 89.5 Å². The van der Waals surface area contributed by atoms with E-state index < -0.39 is 0 Å². The lowest BCUT2D eigenvalue weighted by atomic mass is 9.81. The number of phenolic OH excluding ortho intramolecular Hbond substituents is 1. The summed E-state index contributed by atoms with van der Waals surface area (Å²) in [6.45, 7) is 9.04. The number of benzene rings is 2. The second-order valence-corrected chi connectivity index (χ2v) is 9.59. The minimum Gasteiger partial charge on any atom is -0.508 e. The molecule has 0 aromatic heterocycles. The number of phenols is 1. The number of allylic oxidation sites excluding steroid dienone is 5. The van der Waals surface area contributed by atoms with Gasteiger partial charge in [-0.1, -0.05) is 54.1 Å². The van der Waals surface area contributed by atoms with Crippen molar-refractivity contribution in [2.45, 2.75) is 39.2 Å². The van der Waals surface area contributed by atoms with Gasteiger partial charge in [0.25, 0.3) is 0 Å². The van der Waals surface area contributed by atoms with Crippen molar-refractivity contribution in [3.8, 4) is 5.75 Å². The molecule has 0 radical (unpaired) electrons. The maximum Gasteiger partial charge on any atom is 0.115 e. The Morgan fingerprint density at radius 2 is 1.56 bits per heavy atom. The van der Waals surface area contributed by atoms with Gasteiger partial charge in [0.15, 0.2) is 0 Å². The Bertz CT molecular complexity index is 1010. The van der Waals surface area contributed by atoms with Gasteiger partial charge >= 0.3 is 0 Å². The summed E-state index contributed by atoms with van der Waals surface area (Å²) in [4.78, 5) is 5.02. The van der Waals surface area contributed by atoms with Crippen LogP contribution in [0, 0.1) is 5.92 Å². The second-order valence-electron chi connectivity index (χ2n) is 9.59. The normalized spacial score (nSPS) is 19.5. The zero-order chi connectivity index (χ0) is 23.9. The Kier molecular flexibility index (Phi) is 8.25. The molecule has 2 aromatic carbocycles. The Hall–Kier alpha value is -2.82. The van der Waals surface area contributed by atoms with Gasteiger partial charge in [-0.3, -0.25) is 4.90 Å². The Morgan fingerprint density at radius 3 is 2.12 bits per heavy atom. The smallest absolute Gasteiger partial charge is 0.115 e. The molecule has 2 aliphatic rings. The van der Waals surface area contributed by atoms with E-state index in [1.54, 1.807) is 12.1 Å². The van der Waals surface area contributed by atoms with E-state index in [-0.39, 0.29) is 12.4 Å². The van der Waals surface area contributed by atoms with E-state index >= 15 is 0 Å². The van der Waals surface area contributed by atoms with Crippen LogP contribution in [0.1, 0.15) is 44.2 Å². The number of nitrogens with zero attached hydrogens (tertiary/aromatic N) is 2. The summed E-state index contributed by atoms with van der Waals surface area (Å²) in [5, 5.41) is 19.5. The predicted molar refractivity (Wildman–Crippen MR) is 142 cm³/mol. The quantitative estimate of drug-likeness (QED) is 0.538. The van der Waals surface area contributed by atoms with Crippen LogP contribution in [0.25, 0.3) is 5.57 Å². The first-order valence-electron chi connectivity index (χ1n) is 12.6. The molecule has 0 spiro atoms. The molecule has 1 atom stereocenters. The van der Waals surface area contributed by atoms with Crippen LogP contribution in [0.2, 0.25) is 0 Å². The molecule has 4 rings (SSSR count). The first-order chi connectivity index (χ1) is 16.6. The van der Waals surface area contributed by atoms with Crippen molar-refractivity contribution in [1.29, 1.82) is 0 Å². The van der Waals surface area contributed by atoms with Crippen molar-refractivity contribution in [2.24, 2.45) is 5.92 Å². The Balaban J connectivity index is 1.69. The predicted octanol–water partition coefficient (Wildman–Crippen LogP) is 5.63.